The highest BCUT2D eigenvalue weighted by Crippen LogP contribution is 2.25. The van der Waals surface area contributed by atoms with Crippen LogP contribution >= 0.6 is 0 Å². The predicted octanol–water partition coefficient (Wildman–Crippen LogP) is 2.47. The highest BCUT2D eigenvalue weighted by atomic mass is 19.4. The third-order valence-corrected chi connectivity index (χ3v) is 2.58. The summed E-state index contributed by atoms with van der Waals surface area (Å²) in [5, 5.41) is 3.88. The smallest absolute Gasteiger partial charge is 0.324 e. The van der Waals surface area contributed by atoms with Gasteiger partial charge in [0.2, 0.25) is 0 Å². The summed E-state index contributed by atoms with van der Waals surface area (Å²) in [6.45, 7) is 4.14. The van der Waals surface area contributed by atoms with Crippen molar-refractivity contribution in [1.29, 1.82) is 0 Å². The Hall–Kier alpha value is -1.04. The maximum atomic E-state index is 12.3. The second-order valence-electron chi connectivity index (χ2n) is 3.87. The first-order chi connectivity index (χ1) is 7.26. The Balaban J connectivity index is 3.07. The molecule has 0 fully saturated rings. The number of halogens is 3. The molecule has 0 saturated heterocycles. The number of alkyl halides is 3. The zero-order valence-corrected chi connectivity index (χ0v) is 9.60. The van der Waals surface area contributed by atoms with Gasteiger partial charge in [0.1, 0.15) is 6.54 Å². The average molecular weight is 235 g/mol. The average Bonchev–Trinajstić information content (AvgIpc) is 2.38. The largest absolute Gasteiger partial charge is 0.408 e. The van der Waals surface area contributed by atoms with Crippen LogP contribution in [0.25, 0.3) is 0 Å². The molecule has 92 valence electrons. The van der Waals surface area contributed by atoms with Crippen molar-refractivity contribution >= 4 is 0 Å². The predicted molar refractivity (Wildman–Crippen MR) is 55.0 cm³/mol. The van der Waals surface area contributed by atoms with Crippen LogP contribution in [-0.2, 0) is 6.54 Å². The first kappa shape index (κ1) is 13.0. The van der Waals surface area contributed by atoms with Crippen molar-refractivity contribution in [1.82, 2.24) is 9.78 Å². The minimum absolute atomic E-state index is 0.248. The summed E-state index contributed by atoms with van der Waals surface area (Å²) in [7, 11) is 0. The van der Waals surface area contributed by atoms with Gasteiger partial charge in [0.25, 0.3) is 0 Å². The molecule has 0 aliphatic rings. The van der Waals surface area contributed by atoms with Crippen molar-refractivity contribution in [3.8, 4) is 0 Å². The van der Waals surface area contributed by atoms with E-state index in [0.717, 1.165) is 10.2 Å². The lowest BCUT2D eigenvalue weighted by atomic mass is 10.0. The van der Waals surface area contributed by atoms with E-state index in [2.05, 4.69) is 5.10 Å². The molecule has 16 heavy (non-hydrogen) atoms. The van der Waals surface area contributed by atoms with Crippen molar-refractivity contribution in [3.63, 3.8) is 0 Å². The molecule has 0 amide bonds. The first-order valence-electron chi connectivity index (χ1n) is 5.12. The molecule has 1 unspecified atom stereocenters. The summed E-state index contributed by atoms with van der Waals surface area (Å²) in [6.07, 6.45) is -3.57. The van der Waals surface area contributed by atoms with Crippen LogP contribution in [0.15, 0.2) is 0 Å². The van der Waals surface area contributed by atoms with Gasteiger partial charge in [0.05, 0.1) is 5.69 Å². The Morgan fingerprint density at radius 2 is 1.94 bits per heavy atom. The number of rotatable bonds is 3. The lowest BCUT2D eigenvalue weighted by molar-refractivity contribution is -0.142. The summed E-state index contributed by atoms with van der Waals surface area (Å²) in [4.78, 5) is 0. The monoisotopic (exact) mass is 235 g/mol. The van der Waals surface area contributed by atoms with E-state index >= 15 is 0 Å². The minimum Gasteiger partial charge on any atom is -0.324 e. The zero-order valence-electron chi connectivity index (χ0n) is 9.60. The third kappa shape index (κ3) is 2.75. The molecule has 1 aromatic rings. The molecule has 0 bridgehead atoms. The number of nitrogens with two attached hydrogens (primary N) is 1. The Bertz CT molecular complexity index is 368. The highest BCUT2D eigenvalue weighted by molar-refractivity contribution is 5.27. The summed E-state index contributed by atoms with van der Waals surface area (Å²) in [5.41, 5.74) is 7.65. The topological polar surface area (TPSA) is 43.8 Å². The van der Waals surface area contributed by atoms with Crippen LogP contribution in [0.4, 0.5) is 13.2 Å². The molecule has 1 rings (SSSR count). The first-order valence-corrected chi connectivity index (χ1v) is 5.12. The van der Waals surface area contributed by atoms with Gasteiger partial charge in [-0.2, -0.15) is 18.3 Å². The molecule has 3 nitrogen and oxygen atoms in total. The van der Waals surface area contributed by atoms with E-state index < -0.39 is 12.7 Å². The molecule has 1 aromatic heterocycles. The molecule has 0 spiro atoms. The van der Waals surface area contributed by atoms with E-state index in [4.69, 9.17) is 5.73 Å². The highest BCUT2D eigenvalue weighted by Gasteiger charge is 2.30. The maximum absolute atomic E-state index is 12.3. The van der Waals surface area contributed by atoms with E-state index in [0.29, 0.717) is 17.8 Å². The van der Waals surface area contributed by atoms with Crippen LogP contribution in [0.5, 0.6) is 0 Å². The van der Waals surface area contributed by atoms with E-state index in [1.165, 1.54) is 0 Å². The maximum Gasteiger partial charge on any atom is 0.408 e. The van der Waals surface area contributed by atoms with Crippen molar-refractivity contribution < 1.29 is 13.2 Å². The van der Waals surface area contributed by atoms with Gasteiger partial charge >= 0.3 is 6.18 Å². The summed E-state index contributed by atoms with van der Waals surface area (Å²) < 4.78 is 37.7. The quantitative estimate of drug-likeness (QED) is 0.874. The number of nitrogens with zero attached hydrogens (tertiary/aromatic N) is 2. The van der Waals surface area contributed by atoms with Crippen molar-refractivity contribution in [2.45, 2.75) is 46.0 Å². The van der Waals surface area contributed by atoms with E-state index in [1.54, 1.807) is 13.8 Å². The number of hydrogen-bond acceptors (Lipinski definition) is 2. The van der Waals surface area contributed by atoms with Crippen LogP contribution in [0, 0.1) is 13.8 Å². The standard InChI is InChI=1S/C10H16F3N3/c1-4-8(14)9-6(2)15-16(7(9)3)5-10(11,12)13/h8H,4-5,14H2,1-3H3. The fourth-order valence-electron chi connectivity index (χ4n) is 1.78. The number of aryl methyl sites for hydroxylation is 1. The van der Waals surface area contributed by atoms with Crippen molar-refractivity contribution in [2.24, 2.45) is 5.73 Å². The van der Waals surface area contributed by atoms with E-state index in [-0.39, 0.29) is 6.04 Å². The lowest BCUT2D eigenvalue weighted by Gasteiger charge is -2.11. The number of aromatic nitrogens is 2. The van der Waals surface area contributed by atoms with Crippen LogP contribution in [0.1, 0.15) is 36.3 Å². The molecule has 0 saturated carbocycles. The summed E-state index contributed by atoms with van der Waals surface area (Å²) >= 11 is 0. The molecular formula is C10H16F3N3. The van der Waals surface area contributed by atoms with Gasteiger partial charge < -0.3 is 5.73 Å². The Labute approximate surface area is 92.4 Å². The number of hydrogen-bond donors (Lipinski definition) is 1. The Kier molecular flexibility index (Phi) is 3.62. The molecule has 1 atom stereocenters. The molecule has 6 heteroatoms. The fraction of sp³-hybridized carbons (Fsp3) is 0.700. The molecule has 0 aliphatic carbocycles. The van der Waals surface area contributed by atoms with E-state index in [9.17, 15) is 13.2 Å². The van der Waals surface area contributed by atoms with Crippen LogP contribution in [0.3, 0.4) is 0 Å². The van der Waals surface area contributed by atoms with Crippen LogP contribution in [-0.4, -0.2) is 16.0 Å². The Morgan fingerprint density at radius 3 is 2.38 bits per heavy atom. The Morgan fingerprint density at radius 1 is 1.38 bits per heavy atom. The van der Waals surface area contributed by atoms with Gasteiger partial charge in [-0.1, -0.05) is 6.92 Å². The van der Waals surface area contributed by atoms with Gasteiger partial charge in [0, 0.05) is 17.3 Å². The molecule has 1 heterocycles. The van der Waals surface area contributed by atoms with Crippen LogP contribution < -0.4 is 5.73 Å². The molecule has 0 aliphatic heterocycles. The van der Waals surface area contributed by atoms with Crippen molar-refractivity contribution in [3.05, 3.63) is 17.0 Å². The molecule has 2 N–H and O–H groups in total. The zero-order chi connectivity index (χ0) is 12.5. The van der Waals surface area contributed by atoms with Crippen molar-refractivity contribution in [2.75, 3.05) is 0 Å². The van der Waals surface area contributed by atoms with Gasteiger partial charge in [-0.05, 0) is 20.3 Å². The van der Waals surface area contributed by atoms with Gasteiger partial charge in [-0.3, -0.25) is 4.68 Å². The third-order valence-electron chi connectivity index (χ3n) is 2.58. The normalized spacial score (nSPS) is 14.2. The molecule has 0 radical (unpaired) electrons. The molecule has 0 aromatic carbocycles. The van der Waals surface area contributed by atoms with Gasteiger partial charge in [0.15, 0.2) is 0 Å². The second kappa shape index (κ2) is 4.45. The summed E-state index contributed by atoms with van der Waals surface area (Å²) in [5.74, 6) is 0. The van der Waals surface area contributed by atoms with Gasteiger partial charge in [-0.15, -0.1) is 0 Å². The lowest BCUT2D eigenvalue weighted by Crippen LogP contribution is -2.20. The van der Waals surface area contributed by atoms with Crippen LogP contribution in [0.2, 0.25) is 0 Å². The SMILES string of the molecule is CCC(N)c1c(C)nn(CC(F)(F)F)c1C. The minimum atomic E-state index is -4.25. The second-order valence-corrected chi connectivity index (χ2v) is 3.87. The summed E-state index contributed by atoms with van der Waals surface area (Å²) in [6, 6.07) is -0.248. The fourth-order valence-corrected chi connectivity index (χ4v) is 1.78. The molecular weight excluding hydrogens is 219 g/mol. The van der Waals surface area contributed by atoms with E-state index in [1.807, 2.05) is 6.92 Å². The van der Waals surface area contributed by atoms with Gasteiger partial charge in [-0.25, -0.2) is 0 Å².